The highest BCUT2D eigenvalue weighted by Gasteiger charge is 2.54. The molecule has 0 radical (unpaired) electrons. The van der Waals surface area contributed by atoms with Crippen molar-refractivity contribution in [2.75, 3.05) is 6.54 Å². The molecular weight excluding hydrogens is 306 g/mol. The Balaban J connectivity index is 1.28. The average molecular weight is 331 g/mol. The van der Waals surface area contributed by atoms with Gasteiger partial charge in [-0.25, -0.2) is 0 Å². The maximum Gasteiger partial charge on any atom is 0.310 e. The van der Waals surface area contributed by atoms with Crippen molar-refractivity contribution in [1.82, 2.24) is 5.32 Å². The molecule has 5 nitrogen and oxygen atoms in total. The Morgan fingerprint density at radius 2 is 1.54 bits per heavy atom. The third-order valence-corrected chi connectivity index (χ3v) is 7.29. The number of hydrogen-bond acceptors (Lipinski definition) is 3. The molecule has 0 aromatic heterocycles. The van der Waals surface area contributed by atoms with Crippen LogP contribution in [0.2, 0.25) is 0 Å². The topological polar surface area (TPSA) is 75.6 Å². The number of amides is 1. The van der Waals surface area contributed by atoms with Crippen LogP contribution in [0, 0.1) is 35.0 Å². The van der Waals surface area contributed by atoms with Crippen molar-refractivity contribution in [3.8, 4) is 0 Å². The van der Waals surface area contributed by atoms with E-state index in [1.165, 1.54) is 38.5 Å². The number of carbonyl (C=O) groups excluding carboxylic acids is 1. The number of hydrogen-bond donors (Lipinski definition) is 2. The number of ether oxygens (including phenoxy) is 1. The molecule has 4 saturated carbocycles. The van der Waals surface area contributed by atoms with Crippen molar-refractivity contribution in [3.05, 3.63) is 12.2 Å². The van der Waals surface area contributed by atoms with E-state index in [4.69, 9.17) is 4.74 Å². The minimum atomic E-state index is -0.929. The van der Waals surface area contributed by atoms with Crippen LogP contribution in [0.4, 0.5) is 0 Å². The zero-order chi connectivity index (χ0) is 16.5. The van der Waals surface area contributed by atoms with Gasteiger partial charge in [0.05, 0.1) is 18.1 Å². The third-order valence-electron chi connectivity index (χ3n) is 7.29. The van der Waals surface area contributed by atoms with E-state index in [1.54, 1.807) is 6.08 Å². The molecule has 2 heterocycles. The Morgan fingerprint density at radius 3 is 2.08 bits per heavy atom. The first-order valence-corrected chi connectivity index (χ1v) is 9.37. The summed E-state index contributed by atoms with van der Waals surface area (Å²) >= 11 is 0. The summed E-state index contributed by atoms with van der Waals surface area (Å²) in [4.78, 5) is 24.3. The molecule has 0 aromatic carbocycles. The van der Waals surface area contributed by atoms with Crippen molar-refractivity contribution >= 4 is 11.9 Å². The fourth-order valence-electron chi connectivity index (χ4n) is 6.81. The monoisotopic (exact) mass is 331 g/mol. The van der Waals surface area contributed by atoms with E-state index in [2.05, 4.69) is 5.32 Å². The molecule has 0 aromatic rings. The molecule has 130 valence electrons. The SMILES string of the molecule is O=C(O)C1C2C=CC(O2)C1C(=O)NCC12CC3CC(CC(C3)C1)C2. The highest BCUT2D eigenvalue weighted by Crippen LogP contribution is 2.59. The van der Waals surface area contributed by atoms with E-state index in [9.17, 15) is 14.7 Å². The van der Waals surface area contributed by atoms with Gasteiger partial charge in [-0.1, -0.05) is 12.2 Å². The summed E-state index contributed by atoms with van der Waals surface area (Å²) in [7, 11) is 0. The number of carboxylic acid groups (broad SMARTS) is 1. The number of rotatable bonds is 4. The molecule has 2 aliphatic heterocycles. The van der Waals surface area contributed by atoms with E-state index in [0.717, 1.165) is 24.3 Å². The van der Waals surface area contributed by atoms with Crippen LogP contribution in [-0.2, 0) is 14.3 Å². The second-order valence-electron chi connectivity index (χ2n) is 8.98. The van der Waals surface area contributed by atoms with Crippen molar-refractivity contribution in [2.45, 2.75) is 50.7 Å². The summed E-state index contributed by atoms with van der Waals surface area (Å²) in [5, 5.41) is 12.6. The van der Waals surface area contributed by atoms with Crippen molar-refractivity contribution in [3.63, 3.8) is 0 Å². The smallest absolute Gasteiger partial charge is 0.310 e. The molecule has 1 saturated heterocycles. The van der Waals surface area contributed by atoms with Crippen LogP contribution in [0.15, 0.2) is 12.2 Å². The van der Waals surface area contributed by atoms with E-state index in [1.807, 2.05) is 6.08 Å². The minimum Gasteiger partial charge on any atom is -0.481 e. The van der Waals surface area contributed by atoms with Crippen LogP contribution in [0.1, 0.15) is 38.5 Å². The number of carbonyl (C=O) groups is 2. The van der Waals surface area contributed by atoms with Crippen molar-refractivity contribution in [1.29, 1.82) is 0 Å². The Bertz CT molecular complexity index is 577. The van der Waals surface area contributed by atoms with Crippen LogP contribution < -0.4 is 5.32 Å². The highest BCUT2D eigenvalue weighted by atomic mass is 16.5. The maximum atomic E-state index is 12.8. The molecule has 4 aliphatic carbocycles. The van der Waals surface area contributed by atoms with Gasteiger partial charge in [0.2, 0.25) is 5.91 Å². The fraction of sp³-hybridized carbons (Fsp3) is 0.789. The van der Waals surface area contributed by atoms with Gasteiger partial charge in [0.25, 0.3) is 0 Å². The van der Waals surface area contributed by atoms with Gasteiger partial charge in [-0.05, 0) is 61.7 Å². The lowest BCUT2D eigenvalue weighted by molar-refractivity contribution is -0.147. The quantitative estimate of drug-likeness (QED) is 0.772. The number of fused-ring (bicyclic) bond motifs is 2. The average Bonchev–Trinajstić information content (AvgIpc) is 3.12. The minimum absolute atomic E-state index is 0.130. The van der Waals surface area contributed by atoms with Gasteiger partial charge in [0.1, 0.15) is 5.92 Å². The molecule has 4 unspecified atom stereocenters. The second-order valence-corrected chi connectivity index (χ2v) is 8.98. The summed E-state index contributed by atoms with van der Waals surface area (Å²) < 4.78 is 5.62. The van der Waals surface area contributed by atoms with Crippen LogP contribution in [0.5, 0.6) is 0 Å². The van der Waals surface area contributed by atoms with Crippen LogP contribution in [0.3, 0.4) is 0 Å². The van der Waals surface area contributed by atoms with E-state index in [-0.39, 0.29) is 17.4 Å². The lowest BCUT2D eigenvalue weighted by Crippen LogP contribution is -2.52. The molecule has 6 rings (SSSR count). The molecule has 24 heavy (non-hydrogen) atoms. The molecule has 5 heteroatoms. The number of carboxylic acids is 1. The fourth-order valence-corrected chi connectivity index (χ4v) is 6.81. The molecule has 5 fully saturated rings. The Hall–Kier alpha value is -1.36. The van der Waals surface area contributed by atoms with E-state index >= 15 is 0 Å². The van der Waals surface area contributed by atoms with Gasteiger partial charge in [-0.2, -0.15) is 0 Å². The van der Waals surface area contributed by atoms with E-state index in [0.29, 0.717) is 0 Å². The summed E-state index contributed by atoms with van der Waals surface area (Å²) in [5.41, 5.74) is 0.275. The maximum absolute atomic E-state index is 12.8. The van der Waals surface area contributed by atoms with E-state index < -0.39 is 23.9 Å². The second kappa shape index (κ2) is 5.07. The van der Waals surface area contributed by atoms with Crippen LogP contribution >= 0.6 is 0 Å². The zero-order valence-corrected chi connectivity index (χ0v) is 13.8. The summed E-state index contributed by atoms with van der Waals surface area (Å²) in [6.45, 7) is 0.722. The summed E-state index contributed by atoms with van der Waals surface area (Å²) in [6.07, 6.45) is 10.7. The standard InChI is InChI=1S/C19H25NO4/c21-17(15-13-1-2-14(24-13)16(15)18(22)23)20-9-19-6-10-3-11(7-19)5-12(4-10)8-19/h1-2,10-16H,3-9H2,(H,20,21)(H,22,23). The normalized spacial score (nSPS) is 50.4. The summed E-state index contributed by atoms with van der Waals surface area (Å²) in [5.74, 6) is 0.190. The predicted molar refractivity (Wildman–Crippen MR) is 86.0 cm³/mol. The van der Waals surface area contributed by atoms with Gasteiger partial charge in [0, 0.05) is 6.54 Å². The molecule has 2 N–H and O–H groups in total. The Morgan fingerprint density at radius 1 is 1.00 bits per heavy atom. The van der Waals surface area contributed by atoms with Gasteiger partial charge >= 0.3 is 5.97 Å². The molecule has 1 amide bonds. The molecule has 0 spiro atoms. The number of nitrogens with one attached hydrogen (secondary N) is 1. The molecule has 6 bridgehead atoms. The van der Waals surface area contributed by atoms with Gasteiger partial charge < -0.3 is 15.2 Å². The highest BCUT2D eigenvalue weighted by molar-refractivity contribution is 5.87. The molecule has 6 aliphatic rings. The lowest BCUT2D eigenvalue weighted by Gasteiger charge is -2.57. The third kappa shape index (κ3) is 2.17. The first kappa shape index (κ1) is 14.9. The van der Waals surface area contributed by atoms with Gasteiger partial charge in [-0.15, -0.1) is 0 Å². The summed E-state index contributed by atoms with van der Waals surface area (Å²) in [6, 6.07) is 0. The molecular formula is C19H25NO4. The Labute approximate surface area is 141 Å². The molecule has 4 atom stereocenters. The predicted octanol–water partition coefficient (Wildman–Crippen LogP) is 1.97. The van der Waals surface area contributed by atoms with Crippen LogP contribution in [-0.4, -0.2) is 35.7 Å². The van der Waals surface area contributed by atoms with Gasteiger partial charge in [0.15, 0.2) is 0 Å². The van der Waals surface area contributed by atoms with Gasteiger partial charge in [-0.3, -0.25) is 9.59 Å². The Kier molecular flexibility index (Phi) is 3.16. The number of aliphatic carboxylic acids is 1. The van der Waals surface area contributed by atoms with Crippen molar-refractivity contribution in [2.24, 2.45) is 35.0 Å². The van der Waals surface area contributed by atoms with Crippen molar-refractivity contribution < 1.29 is 19.4 Å². The first-order chi connectivity index (χ1) is 11.5. The van der Waals surface area contributed by atoms with Crippen LogP contribution in [0.25, 0.3) is 0 Å². The zero-order valence-electron chi connectivity index (χ0n) is 13.8. The first-order valence-electron chi connectivity index (χ1n) is 9.37. The largest absolute Gasteiger partial charge is 0.481 e. The lowest BCUT2D eigenvalue weighted by atomic mass is 9.49.